The second-order valence-electron chi connectivity index (χ2n) is 4.24. The Balaban J connectivity index is 2.12. The summed E-state index contributed by atoms with van der Waals surface area (Å²) in [5.74, 6) is -0.371. The first-order valence-electron chi connectivity index (χ1n) is 5.89. The highest BCUT2D eigenvalue weighted by atomic mass is 35.5. The van der Waals surface area contributed by atoms with Crippen LogP contribution in [0.3, 0.4) is 0 Å². The van der Waals surface area contributed by atoms with E-state index >= 15 is 0 Å². The molecule has 2 aromatic rings. The molecule has 0 aliphatic rings. The minimum Gasteiger partial charge on any atom is -0.324 e. The molecule has 0 radical (unpaired) electrons. The van der Waals surface area contributed by atoms with Crippen LogP contribution in [0.4, 0.5) is 5.69 Å². The minimum atomic E-state index is -0.270. The largest absolute Gasteiger partial charge is 0.324 e. The van der Waals surface area contributed by atoms with Gasteiger partial charge < -0.3 is 5.32 Å². The van der Waals surface area contributed by atoms with E-state index in [9.17, 15) is 4.79 Å². The van der Waals surface area contributed by atoms with Crippen LogP contribution in [0.15, 0.2) is 48.5 Å². The number of rotatable bonds is 3. The standard InChI is InChI=1S/C15H13Cl2NO/c1-10(11-6-8-12(16)9-7-11)15(19)18-14-5-3-2-4-13(14)17/h2-10H,1H3,(H,18,19). The molecule has 2 aromatic carbocycles. The number of anilines is 1. The summed E-state index contributed by atoms with van der Waals surface area (Å²) in [5, 5.41) is 4.00. The predicted molar refractivity (Wildman–Crippen MR) is 79.9 cm³/mol. The first-order chi connectivity index (χ1) is 9.08. The molecule has 0 aromatic heterocycles. The van der Waals surface area contributed by atoms with Crippen LogP contribution >= 0.6 is 23.2 Å². The molecule has 0 heterocycles. The Labute approximate surface area is 122 Å². The van der Waals surface area contributed by atoms with Gasteiger partial charge in [0.15, 0.2) is 0 Å². The van der Waals surface area contributed by atoms with Crippen molar-refractivity contribution in [2.75, 3.05) is 5.32 Å². The minimum absolute atomic E-state index is 0.101. The van der Waals surface area contributed by atoms with Crippen LogP contribution in [0, 0.1) is 0 Å². The fourth-order valence-electron chi connectivity index (χ4n) is 1.71. The van der Waals surface area contributed by atoms with Gasteiger partial charge in [-0.3, -0.25) is 4.79 Å². The van der Waals surface area contributed by atoms with Gasteiger partial charge in [-0.05, 0) is 36.8 Å². The number of carbonyl (C=O) groups is 1. The maximum atomic E-state index is 12.1. The van der Waals surface area contributed by atoms with Gasteiger partial charge in [-0.15, -0.1) is 0 Å². The number of para-hydroxylation sites is 1. The van der Waals surface area contributed by atoms with Crippen LogP contribution in [0.1, 0.15) is 18.4 Å². The molecule has 19 heavy (non-hydrogen) atoms. The zero-order chi connectivity index (χ0) is 13.8. The highest BCUT2D eigenvalue weighted by Crippen LogP contribution is 2.24. The second kappa shape index (κ2) is 6.09. The van der Waals surface area contributed by atoms with E-state index in [0.29, 0.717) is 15.7 Å². The molecular formula is C15H13Cl2NO. The van der Waals surface area contributed by atoms with Crippen molar-refractivity contribution in [1.82, 2.24) is 0 Å². The van der Waals surface area contributed by atoms with Crippen LogP contribution in [0.5, 0.6) is 0 Å². The van der Waals surface area contributed by atoms with Crippen LogP contribution in [0.25, 0.3) is 0 Å². The summed E-state index contributed by atoms with van der Waals surface area (Å²) in [5.41, 5.74) is 1.53. The number of hydrogen-bond donors (Lipinski definition) is 1. The molecule has 2 nitrogen and oxygen atoms in total. The molecule has 0 saturated heterocycles. The van der Waals surface area contributed by atoms with Crippen molar-refractivity contribution in [3.8, 4) is 0 Å². The first-order valence-corrected chi connectivity index (χ1v) is 6.64. The summed E-state index contributed by atoms with van der Waals surface area (Å²) in [4.78, 5) is 12.1. The van der Waals surface area contributed by atoms with Gasteiger partial charge in [0.2, 0.25) is 5.91 Å². The van der Waals surface area contributed by atoms with E-state index in [-0.39, 0.29) is 11.8 Å². The van der Waals surface area contributed by atoms with Gasteiger partial charge in [-0.25, -0.2) is 0 Å². The Bertz CT molecular complexity index is 581. The summed E-state index contributed by atoms with van der Waals surface area (Å²) >= 11 is 11.8. The van der Waals surface area contributed by atoms with Gasteiger partial charge in [0.25, 0.3) is 0 Å². The fraction of sp³-hybridized carbons (Fsp3) is 0.133. The van der Waals surface area contributed by atoms with Gasteiger partial charge in [0.1, 0.15) is 0 Å². The van der Waals surface area contributed by atoms with Crippen molar-refractivity contribution in [3.63, 3.8) is 0 Å². The molecule has 0 bridgehead atoms. The summed E-state index contributed by atoms with van der Waals surface area (Å²) in [6, 6.07) is 14.4. The third-order valence-corrected chi connectivity index (χ3v) is 3.48. The van der Waals surface area contributed by atoms with E-state index < -0.39 is 0 Å². The number of benzene rings is 2. The van der Waals surface area contributed by atoms with E-state index in [2.05, 4.69) is 5.32 Å². The lowest BCUT2D eigenvalue weighted by molar-refractivity contribution is -0.117. The number of amides is 1. The van der Waals surface area contributed by atoms with Crippen molar-refractivity contribution in [1.29, 1.82) is 0 Å². The Kier molecular flexibility index (Phi) is 4.46. The zero-order valence-electron chi connectivity index (χ0n) is 10.4. The third-order valence-electron chi connectivity index (χ3n) is 2.90. The highest BCUT2D eigenvalue weighted by Gasteiger charge is 2.16. The number of halogens is 2. The molecule has 0 aliphatic heterocycles. The van der Waals surface area contributed by atoms with Gasteiger partial charge in [0.05, 0.1) is 16.6 Å². The third kappa shape index (κ3) is 3.49. The highest BCUT2D eigenvalue weighted by molar-refractivity contribution is 6.33. The smallest absolute Gasteiger partial charge is 0.231 e. The van der Waals surface area contributed by atoms with Crippen LogP contribution in [-0.4, -0.2) is 5.91 Å². The normalized spacial score (nSPS) is 11.9. The monoisotopic (exact) mass is 293 g/mol. The Morgan fingerprint density at radius 2 is 1.68 bits per heavy atom. The average Bonchev–Trinajstić information content (AvgIpc) is 2.41. The summed E-state index contributed by atoms with van der Waals surface area (Å²) in [6.45, 7) is 1.84. The number of hydrogen-bond acceptors (Lipinski definition) is 1. The van der Waals surface area contributed by atoms with E-state index in [1.54, 1.807) is 24.3 Å². The molecule has 1 amide bonds. The lowest BCUT2D eigenvalue weighted by Crippen LogP contribution is -2.18. The fourth-order valence-corrected chi connectivity index (χ4v) is 2.02. The van der Waals surface area contributed by atoms with E-state index in [1.807, 2.05) is 31.2 Å². The van der Waals surface area contributed by atoms with Crippen LogP contribution in [-0.2, 0) is 4.79 Å². The van der Waals surface area contributed by atoms with Crippen molar-refractivity contribution < 1.29 is 4.79 Å². The van der Waals surface area contributed by atoms with Crippen LogP contribution in [0.2, 0.25) is 10.0 Å². The van der Waals surface area contributed by atoms with Crippen LogP contribution < -0.4 is 5.32 Å². The number of carbonyl (C=O) groups excluding carboxylic acids is 1. The van der Waals surface area contributed by atoms with Crippen molar-refractivity contribution >= 4 is 34.8 Å². The second-order valence-corrected chi connectivity index (χ2v) is 5.09. The SMILES string of the molecule is CC(C(=O)Nc1ccccc1Cl)c1ccc(Cl)cc1. The van der Waals surface area contributed by atoms with E-state index in [4.69, 9.17) is 23.2 Å². The topological polar surface area (TPSA) is 29.1 Å². The van der Waals surface area contributed by atoms with Gasteiger partial charge in [-0.2, -0.15) is 0 Å². The molecule has 1 atom stereocenters. The Morgan fingerprint density at radius 3 is 2.32 bits per heavy atom. The summed E-state index contributed by atoms with van der Waals surface area (Å²) in [7, 11) is 0. The molecule has 1 unspecified atom stereocenters. The predicted octanol–water partition coefficient (Wildman–Crippen LogP) is 4.74. The van der Waals surface area contributed by atoms with Crippen molar-refractivity contribution in [3.05, 3.63) is 64.1 Å². The molecule has 4 heteroatoms. The molecule has 2 rings (SSSR count). The lowest BCUT2D eigenvalue weighted by Gasteiger charge is -2.13. The summed E-state index contributed by atoms with van der Waals surface area (Å²) < 4.78 is 0. The zero-order valence-corrected chi connectivity index (χ0v) is 11.9. The van der Waals surface area contributed by atoms with E-state index in [1.165, 1.54) is 0 Å². The summed E-state index contributed by atoms with van der Waals surface area (Å²) in [6.07, 6.45) is 0. The van der Waals surface area contributed by atoms with Gasteiger partial charge in [-0.1, -0.05) is 47.5 Å². The molecule has 0 saturated carbocycles. The molecular weight excluding hydrogens is 281 g/mol. The molecule has 98 valence electrons. The Morgan fingerprint density at radius 1 is 1.05 bits per heavy atom. The maximum Gasteiger partial charge on any atom is 0.231 e. The van der Waals surface area contributed by atoms with Crippen molar-refractivity contribution in [2.24, 2.45) is 0 Å². The molecule has 1 N–H and O–H groups in total. The van der Waals surface area contributed by atoms with E-state index in [0.717, 1.165) is 5.56 Å². The first kappa shape index (κ1) is 13.9. The van der Waals surface area contributed by atoms with Gasteiger partial charge >= 0.3 is 0 Å². The quantitative estimate of drug-likeness (QED) is 0.870. The molecule has 0 aliphatic carbocycles. The number of nitrogens with one attached hydrogen (secondary N) is 1. The molecule has 0 fully saturated rings. The van der Waals surface area contributed by atoms with Crippen molar-refractivity contribution in [2.45, 2.75) is 12.8 Å². The lowest BCUT2D eigenvalue weighted by atomic mass is 10.0. The average molecular weight is 294 g/mol. The Hall–Kier alpha value is -1.51. The maximum absolute atomic E-state index is 12.1. The molecule has 0 spiro atoms. The van der Waals surface area contributed by atoms with Gasteiger partial charge in [0, 0.05) is 5.02 Å².